The Balaban J connectivity index is 1.31. The summed E-state index contributed by atoms with van der Waals surface area (Å²) >= 11 is 0. The predicted octanol–water partition coefficient (Wildman–Crippen LogP) is 3.57. The maximum absolute atomic E-state index is 12.7. The third-order valence-electron chi connectivity index (χ3n) is 5.84. The number of amides is 1. The van der Waals surface area contributed by atoms with Crippen molar-refractivity contribution in [3.8, 4) is 5.75 Å². The van der Waals surface area contributed by atoms with Crippen molar-refractivity contribution in [1.29, 1.82) is 5.41 Å². The van der Waals surface area contributed by atoms with Crippen LogP contribution < -0.4 is 21.1 Å². The molecule has 4 aromatic carbocycles. The fraction of sp³-hybridized carbons (Fsp3) is 0.103. The van der Waals surface area contributed by atoms with Crippen LogP contribution in [0.2, 0.25) is 0 Å². The van der Waals surface area contributed by atoms with Gasteiger partial charge in [0.2, 0.25) is 0 Å². The normalized spacial score (nSPS) is 11.4. The number of amidine groups is 1. The molecule has 0 radical (unpaired) electrons. The number of rotatable bonds is 10. The van der Waals surface area contributed by atoms with E-state index in [0.717, 1.165) is 10.8 Å². The van der Waals surface area contributed by atoms with E-state index in [-0.39, 0.29) is 18.8 Å². The first-order valence-electron chi connectivity index (χ1n) is 11.8. The summed E-state index contributed by atoms with van der Waals surface area (Å²) in [6.45, 7) is -0.0803. The smallest absolute Gasteiger partial charge is 0.330 e. The van der Waals surface area contributed by atoms with Crippen LogP contribution in [0.15, 0.2) is 91.0 Å². The summed E-state index contributed by atoms with van der Waals surface area (Å²) in [5.41, 5.74) is 7.71. The summed E-state index contributed by atoms with van der Waals surface area (Å²) in [6, 6.07) is 24.8. The summed E-state index contributed by atoms with van der Waals surface area (Å²) in [5.74, 6) is -1.88. The SMILES string of the molecule is N=C(N)c1ccc(NCC(=O)Oc2ccc(C[C@H](NC(=O)c3ccc4ccccc4c3)C(=O)O)cc2)cc1. The van der Waals surface area contributed by atoms with Crippen LogP contribution in [0.4, 0.5) is 5.69 Å². The van der Waals surface area contributed by atoms with Gasteiger partial charge in [-0.1, -0.05) is 42.5 Å². The number of carboxylic acid groups (broad SMARTS) is 1. The largest absolute Gasteiger partial charge is 0.480 e. The van der Waals surface area contributed by atoms with E-state index in [1.54, 1.807) is 60.7 Å². The first-order valence-corrected chi connectivity index (χ1v) is 11.8. The topological polar surface area (TPSA) is 155 Å². The lowest BCUT2D eigenvalue weighted by molar-refractivity contribution is -0.139. The van der Waals surface area contributed by atoms with Crippen LogP contribution in [0.1, 0.15) is 21.5 Å². The van der Waals surface area contributed by atoms with Gasteiger partial charge in [0.15, 0.2) is 0 Å². The van der Waals surface area contributed by atoms with Gasteiger partial charge in [-0.15, -0.1) is 0 Å². The minimum absolute atomic E-state index is 0.0404. The van der Waals surface area contributed by atoms with E-state index in [0.29, 0.717) is 28.1 Å². The highest BCUT2D eigenvalue weighted by molar-refractivity contribution is 6.00. The van der Waals surface area contributed by atoms with Gasteiger partial charge in [-0.2, -0.15) is 0 Å². The zero-order valence-electron chi connectivity index (χ0n) is 20.3. The molecule has 0 saturated heterocycles. The molecule has 1 amide bonds. The summed E-state index contributed by atoms with van der Waals surface area (Å²) in [6.07, 6.45) is 0.0562. The van der Waals surface area contributed by atoms with E-state index >= 15 is 0 Å². The van der Waals surface area contributed by atoms with E-state index in [1.807, 2.05) is 30.3 Å². The number of benzene rings is 4. The second kappa shape index (κ2) is 11.7. The molecule has 4 aromatic rings. The van der Waals surface area contributed by atoms with Crippen LogP contribution in [-0.4, -0.2) is 41.4 Å². The maximum atomic E-state index is 12.7. The van der Waals surface area contributed by atoms with Gasteiger partial charge in [0, 0.05) is 23.2 Å². The molecule has 0 saturated carbocycles. The molecule has 9 heteroatoms. The fourth-order valence-corrected chi connectivity index (χ4v) is 3.81. The Morgan fingerprint density at radius 3 is 2.18 bits per heavy atom. The molecule has 0 heterocycles. The van der Waals surface area contributed by atoms with Gasteiger partial charge in [0.05, 0.1) is 0 Å². The molecule has 38 heavy (non-hydrogen) atoms. The molecule has 0 unspecified atom stereocenters. The molecule has 0 aromatic heterocycles. The second-order valence-electron chi connectivity index (χ2n) is 8.59. The molecule has 4 rings (SSSR count). The zero-order chi connectivity index (χ0) is 27.1. The molecule has 0 spiro atoms. The zero-order valence-corrected chi connectivity index (χ0v) is 20.3. The number of hydrogen-bond donors (Lipinski definition) is 5. The molecular weight excluding hydrogens is 484 g/mol. The monoisotopic (exact) mass is 510 g/mol. The van der Waals surface area contributed by atoms with Gasteiger partial charge in [-0.3, -0.25) is 10.2 Å². The number of aliphatic carboxylic acids is 1. The number of nitrogens with two attached hydrogens (primary N) is 1. The van der Waals surface area contributed by atoms with E-state index < -0.39 is 23.9 Å². The van der Waals surface area contributed by atoms with E-state index in [2.05, 4.69) is 10.6 Å². The van der Waals surface area contributed by atoms with Crippen LogP contribution in [0, 0.1) is 5.41 Å². The molecule has 6 N–H and O–H groups in total. The maximum Gasteiger partial charge on any atom is 0.330 e. The predicted molar refractivity (Wildman–Crippen MR) is 145 cm³/mol. The van der Waals surface area contributed by atoms with Crippen molar-refractivity contribution in [2.24, 2.45) is 5.73 Å². The van der Waals surface area contributed by atoms with Crippen molar-refractivity contribution in [2.75, 3.05) is 11.9 Å². The average Bonchev–Trinajstić information content (AvgIpc) is 2.92. The van der Waals surface area contributed by atoms with Gasteiger partial charge < -0.3 is 26.2 Å². The average molecular weight is 511 g/mol. The molecule has 0 aliphatic rings. The molecule has 1 atom stereocenters. The molecule has 0 aliphatic heterocycles. The van der Waals surface area contributed by atoms with Gasteiger partial charge >= 0.3 is 11.9 Å². The highest BCUT2D eigenvalue weighted by Crippen LogP contribution is 2.17. The van der Waals surface area contributed by atoms with E-state index in [1.165, 1.54) is 0 Å². The number of nitrogen functional groups attached to an aromatic ring is 1. The number of hydrogen-bond acceptors (Lipinski definition) is 6. The van der Waals surface area contributed by atoms with Gasteiger partial charge in [0.1, 0.15) is 24.2 Å². The Bertz CT molecular complexity index is 1480. The molecule has 9 nitrogen and oxygen atoms in total. The van der Waals surface area contributed by atoms with E-state index in [4.69, 9.17) is 15.9 Å². The lowest BCUT2D eigenvalue weighted by Gasteiger charge is -2.15. The standard InChI is InChI=1S/C29H26N4O5/c30-27(31)20-9-11-23(12-10-20)32-17-26(34)38-24-13-5-18(6-14-24)15-25(29(36)37)33-28(35)22-8-7-19-3-1-2-4-21(19)16-22/h1-14,16,25,32H,15,17H2,(H3,30,31)(H,33,35)(H,36,37)/t25-/m0/s1. The highest BCUT2D eigenvalue weighted by Gasteiger charge is 2.21. The third-order valence-corrected chi connectivity index (χ3v) is 5.84. The minimum Gasteiger partial charge on any atom is -0.480 e. The van der Waals surface area contributed by atoms with Crippen LogP contribution in [-0.2, 0) is 16.0 Å². The highest BCUT2D eigenvalue weighted by atomic mass is 16.5. The fourth-order valence-electron chi connectivity index (χ4n) is 3.81. The lowest BCUT2D eigenvalue weighted by Crippen LogP contribution is -2.42. The van der Waals surface area contributed by atoms with Crippen molar-refractivity contribution in [1.82, 2.24) is 5.32 Å². The van der Waals surface area contributed by atoms with Crippen molar-refractivity contribution in [3.05, 3.63) is 108 Å². The molecule has 0 fully saturated rings. The number of carbonyl (C=O) groups excluding carboxylic acids is 2. The summed E-state index contributed by atoms with van der Waals surface area (Å²) in [7, 11) is 0. The number of carboxylic acids is 1. The summed E-state index contributed by atoms with van der Waals surface area (Å²) in [5, 5.41) is 24.4. The van der Waals surface area contributed by atoms with Crippen molar-refractivity contribution >= 4 is 40.1 Å². The van der Waals surface area contributed by atoms with Crippen LogP contribution >= 0.6 is 0 Å². The number of carbonyl (C=O) groups is 3. The minimum atomic E-state index is -1.16. The number of fused-ring (bicyclic) bond motifs is 1. The Morgan fingerprint density at radius 2 is 1.53 bits per heavy atom. The molecule has 0 aliphatic carbocycles. The molecular formula is C29H26N4O5. The van der Waals surface area contributed by atoms with E-state index in [9.17, 15) is 19.5 Å². The molecule has 0 bridgehead atoms. The Morgan fingerprint density at radius 1 is 0.868 bits per heavy atom. The third kappa shape index (κ3) is 6.73. The van der Waals surface area contributed by atoms with Gasteiger partial charge in [-0.05, 0) is 64.9 Å². The first kappa shape index (κ1) is 25.9. The number of ether oxygens (including phenoxy) is 1. The van der Waals surface area contributed by atoms with Crippen LogP contribution in [0.3, 0.4) is 0 Å². The Labute approximate surface area is 218 Å². The van der Waals surface area contributed by atoms with Crippen molar-refractivity contribution in [3.63, 3.8) is 0 Å². The lowest BCUT2D eigenvalue weighted by atomic mass is 10.0. The van der Waals surface area contributed by atoms with Crippen LogP contribution in [0.5, 0.6) is 5.75 Å². The second-order valence-corrected chi connectivity index (χ2v) is 8.59. The quantitative estimate of drug-likeness (QED) is 0.0945. The van der Waals surface area contributed by atoms with Gasteiger partial charge in [0.25, 0.3) is 5.91 Å². The number of esters is 1. The first-order chi connectivity index (χ1) is 18.3. The van der Waals surface area contributed by atoms with Crippen molar-refractivity contribution < 1.29 is 24.2 Å². The van der Waals surface area contributed by atoms with Crippen molar-refractivity contribution in [2.45, 2.75) is 12.5 Å². The number of anilines is 1. The van der Waals surface area contributed by atoms with Crippen LogP contribution in [0.25, 0.3) is 10.8 Å². The number of nitrogens with one attached hydrogen (secondary N) is 3. The summed E-state index contributed by atoms with van der Waals surface area (Å²) < 4.78 is 5.32. The van der Waals surface area contributed by atoms with Gasteiger partial charge in [-0.25, -0.2) is 9.59 Å². The Kier molecular flexibility index (Phi) is 7.98. The molecule has 192 valence electrons. The Hall–Kier alpha value is -5.18. The summed E-state index contributed by atoms with van der Waals surface area (Å²) in [4.78, 5) is 36.7.